The monoisotopic (exact) mass is 495 g/mol. The molecule has 8 nitrogen and oxygen atoms in total. The molecule has 0 saturated heterocycles. The summed E-state index contributed by atoms with van der Waals surface area (Å²) < 4.78 is 40.4. The van der Waals surface area contributed by atoms with Crippen molar-refractivity contribution in [3.63, 3.8) is 0 Å². The summed E-state index contributed by atoms with van der Waals surface area (Å²) in [7, 11) is -3.81. The number of para-hydroxylation sites is 2. The van der Waals surface area contributed by atoms with Gasteiger partial charge in [-0.1, -0.05) is 42.3 Å². The molecular weight excluding hydrogens is 477 g/mol. The highest BCUT2D eigenvalue weighted by atomic mass is 35.5. The SMILES string of the molecule is CCN(C[C@H]1COc2ccccc2O1)S(=O)(=O)c1ccc(-n2ncc(Cl)c(Cl)c2=O)cc1. The van der Waals surface area contributed by atoms with E-state index in [1.807, 2.05) is 12.1 Å². The largest absolute Gasteiger partial charge is 0.486 e. The molecule has 11 heteroatoms. The van der Waals surface area contributed by atoms with Gasteiger partial charge in [0.05, 0.1) is 28.3 Å². The van der Waals surface area contributed by atoms with Gasteiger partial charge in [0.25, 0.3) is 5.56 Å². The molecule has 0 N–H and O–H groups in total. The van der Waals surface area contributed by atoms with Crippen LogP contribution in [0.15, 0.2) is 64.4 Å². The second-order valence-electron chi connectivity index (χ2n) is 6.97. The lowest BCUT2D eigenvalue weighted by atomic mass is 10.2. The van der Waals surface area contributed by atoms with Gasteiger partial charge in [-0.15, -0.1) is 0 Å². The summed E-state index contributed by atoms with van der Waals surface area (Å²) in [4.78, 5) is 12.3. The van der Waals surface area contributed by atoms with Crippen molar-refractivity contribution in [2.24, 2.45) is 0 Å². The minimum absolute atomic E-state index is 0.0437. The van der Waals surface area contributed by atoms with Gasteiger partial charge < -0.3 is 9.47 Å². The molecular formula is C21H19Cl2N3O5S. The molecule has 4 rings (SSSR count). The first-order valence-corrected chi connectivity index (χ1v) is 11.9. The van der Waals surface area contributed by atoms with E-state index in [1.54, 1.807) is 19.1 Å². The van der Waals surface area contributed by atoms with Crippen LogP contribution < -0.4 is 15.0 Å². The zero-order chi connectivity index (χ0) is 22.9. The second-order valence-corrected chi connectivity index (χ2v) is 9.69. The Balaban J connectivity index is 1.54. The van der Waals surface area contributed by atoms with Gasteiger partial charge >= 0.3 is 0 Å². The topological polar surface area (TPSA) is 90.7 Å². The minimum atomic E-state index is -3.81. The van der Waals surface area contributed by atoms with Gasteiger partial charge in [-0.25, -0.2) is 8.42 Å². The fourth-order valence-corrected chi connectivity index (χ4v) is 5.02. The van der Waals surface area contributed by atoms with E-state index in [0.29, 0.717) is 17.2 Å². The fourth-order valence-electron chi connectivity index (χ4n) is 3.28. The highest BCUT2D eigenvalue weighted by Crippen LogP contribution is 2.31. The number of ether oxygens (including phenoxy) is 2. The molecule has 0 fully saturated rings. The average molecular weight is 496 g/mol. The molecule has 0 amide bonds. The first-order chi connectivity index (χ1) is 15.3. The van der Waals surface area contributed by atoms with Crippen LogP contribution in [-0.2, 0) is 10.0 Å². The number of hydrogen-bond donors (Lipinski definition) is 0. The third-order valence-corrected chi connectivity index (χ3v) is 7.63. The van der Waals surface area contributed by atoms with Crippen molar-refractivity contribution >= 4 is 33.2 Å². The van der Waals surface area contributed by atoms with Crippen molar-refractivity contribution in [3.8, 4) is 17.2 Å². The maximum absolute atomic E-state index is 13.2. The summed E-state index contributed by atoms with van der Waals surface area (Å²) in [5, 5.41) is 3.83. The van der Waals surface area contributed by atoms with Gasteiger partial charge in [0, 0.05) is 6.54 Å². The fraction of sp³-hybridized carbons (Fsp3) is 0.238. The lowest BCUT2D eigenvalue weighted by molar-refractivity contribution is 0.0771. The van der Waals surface area contributed by atoms with Crippen LogP contribution >= 0.6 is 23.2 Å². The van der Waals surface area contributed by atoms with E-state index in [2.05, 4.69) is 5.10 Å². The van der Waals surface area contributed by atoms with Crippen molar-refractivity contribution in [1.82, 2.24) is 14.1 Å². The molecule has 1 atom stereocenters. The zero-order valence-corrected chi connectivity index (χ0v) is 19.3. The molecule has 168 valence electrons. The number of sulfonamides is 1. The summed E-state index contributed by atoms with van der Waals surface area (Å²) >= 11 is 11.7. The first-order valence-electron chi connectivity index (χ1n) is 9.73. The van der Waals surface area contributed by atoms with E-state index in [0.717, 1.165) is 4.68 Å². The van der Waals surface area contributed by atoms with Crippen molar-refractivity contribution < 1.29 is 17.9 Å². The van der Waals surface area contributed by atoms with Crippen molar-refractivity contribution in [2.75, 3.05) is 19.7 Å². The average Bonchev–Trinajstić information content (AvgIpc) is 2.81. The van der Waals surface area contributed by atoms with E-state index >= 15 is 0 Å². The number of nitrogens with zero attached hydrogens (tertiary/aromatic N) is 3. The van der Waals surface area contributed by atoms with Crippen LogP contribution in [0.4, 0.5) is 0 Å². The van der Waals surface area contributed by atoms with Crippen LogP contribution in [0.1, 0.15) is 6.92 Å². The van der Waals surface area contributed by atoms with Crippen LogP contribution in [-0.4, -0.2) is 48.3 Å². The van der Waals surface area contributed by atoms with Gasteiger partial charge in [-0.2, -0.15) is 14.1 Å². The van der Waals surface area contributed by atoms with E-state index in [9.17, 15) is 13.2 Å². The lowest BCUT2D eigenvalue weighted by Gasteiger charge is -2.30. The predicted molar refractivity (Wildman–Crippen MR) is 121 cm³/mol. The van der Waals surface area contributed by atoms with Crippen molar-refractivity contribution in [2.45, 2.75) is 17.9 Å². The third-order valence-electron chi connectivity index (χ3n) is 4.92. The number of aromatic nitrogens is 2. The minimum Gasteiger partial charge on any atom is -0.486 e. The molecule has 1 aromatic heterocycles. The lowest BCUT2D eigenvalue weighted by Crippen LogP contribution is -2.43. The molecule has 3 aromatic rings. The Hall–Kier alpha value is -2.59. The van der Waals surface area contributed by atoms with Gasteiger partial charge in [-0.05, 0) is 36.4 Å². The second kappa shape index (κ2) is 9.11. The molecule has 0 unspecified atom stereocenters. The van der Waals surface area contributed by atoms with Gasteiger partial charge in [-0.3, -0.25) is 4.79 Å². The Morgan fingerprint density at radius 1 is 1.12 bits per heavy atom. The van der Waals surface area contributed by atoms with E-state index < -0.39 is 21.7 Å². The standard InChI is InChI=1S/C21H19Cl2N3O5S/c1-2-25(12-15-13-30-18-5-3-4-6-19(18)31-15)32(28,29)16-9-7-14(8-10-16)26-21(27)20(23)17(22)11-24-26/h3-11,15H,2,12-13H2,1H3/t15-/m0/s1. The Labute approximate surface area is 194 Å². The number of benzene rings is 2. The normalized spacial score (nSPS) is 15.7. The van der Waals surface area contributed by atoms with Crippen molar-refractivity contribution in [1.29, 1.82) is 0 Å². The summed E-state index contributed by atoms with van der Waals surface area (Å²) in [6, 6.07) is 13.0. The molecule has 0 radical (unpaired) electrons. The Kier molecular flexibility index (Phi) is 6.43. The van der Waals surface area contributed by atoms with Gasteiger partial charge in [0.2, 0.25) is 10.0 Å². The molecule has 32 heavy (non-hydrogen) atoms. The third kappa shape index (κ3) is 4.33. The predicted octanol–water partition coefficient (Wildman–Crippen LogP) is 3.39. The van der Waals surface area contributed by atoms with Crippen LogP contribution in [0.5, 0.6) is 11.5 Å². The molecule has 0 bridgehead atoms. The first kappa shape index (κ1) is 22.6. The van der Waals surface area contributed by atoms with Gasteiger partial charge in [0.1, 0.15) is 17.7 Å². The maximum Gasteiger partial charge on any atom is 0.291 e. The summed E-state index contributed by atoms with van der Waals surface area (Å²) in [6.45, 7) is 2.37. The molecule has 0 saturated carbocycles. The van der Waals surface area contributed by atoms with E-state index in [1.165, 1.54) is 34.8 Å². The summed E-state index contributed by atoms with van der Waals surface area (Å²) in [6.07, 6.45) is 0.803. The number of rotatable bonds is 6. The van der Waals surface area contributed by atoms with Crippen LogP contribution in [0, 0.1) is 0 Å². The molecule has 0 aliphatic carbocycles. The Morgan fingerprint density at radius 2 is 1.81 bits per heavy atom. The molecule has 0 spiro atoms. The number of hydrogen-bond acceptors (Lipinski definition) is 6. The highest BCUT2D eigenvalue weighted by Gasteiger charge is 2.29. The smallest absolute Gasteiger partial charge is 0.291 e. The Morgan fingerprint density at radius 3 is 2.50 bits per heavy atom. The number of likely N-dealkylation sites (N-methyl/N-ethyl adjacent to an activating group) is 1. The van der Waals surface area contributed by atoms with Crippen LogP contribution in [0.3, 0.4) is 0 Å². The summed E-state index contributed by atoms with van der Waals surface area (Å²) in [5.41, 5.74) is -0.240. The van der Waals surface area contributed by atoms with E-state index in [4.69, 9.17) is 32.7 Å². The highest BCUT2D eigenvalue weighted by molar-refractivity contribution is 7.89. The van der Waals surface area contributed by atoms with Crippen LogP contribution in [0.25, 0.3) is 5.69 Å². The van der Waals surface area contributed by atoms with E-state index in [-0.39, 0.29) is 34.6 Å². The molecule has 1 aliphatic heterocycles. The molecule has 2 heterocycles. The molecule has 2 aromatic carbocycles. The van der Waals surface area contributed by atoms with Crippen LogP contribution in [0.2, 0.25) is 10.0 Å². The summed E-state index contributed by atoms with van der Waals surface area (Å²) in [5.74, 6) is 1.22. The zero-order valence-electron chi connectivity index (χ0n) is 16.9. The Bertz CT molecular complexity index is 1300. The maximum atomic E-state index is 13.2. The quantitative estimate of drug-likeness (QED) is 0.520. The van der Waals surface area contributed by atoms with Gasteiger partial charge in [0.15, 0.2) is 11.5 Å². The molecule has 1 aliphatic rings. The number of halogens is 2. The number of fused-ring (bicyclic) bond motifs is 1. The van der Waals surface area contributed by atoms with Crippen molar-refractivity contribution in [3.05, 3.63) is 75.1 Å².